The van der Waals surface area contributed by atoms with Crippen molar-refractivity contribution >= 4 is 68.0 Å². The maximum atomic E-state index is 12.8. The molecule has 1 atom stereocenters. The number of hydrazone groups is 1. The monoisotopic (exact) mass is 584 g/mol. The van der Waals surface area contributed by atoms with E-state index >= 15 is 0 Å². The van der Waals surface area contributed by atoms with Crippen molar-refractivity contribution in [3.63, 3.8) is 0 Å². The Morgan fingerprint density at radius 3 is 2.50 bits per heavy atom. The Bertz CT molecular complexity index is 1460. The molecule has 0 fully saturated rings. The molecule has 0 aliphatic heterocycles. The standard InChI is InChI=1S/C27H19BrCl2N2O4/c1-16(35-20-10-7-18(28)8-11-20)26(33)32-31-15-23-21-5-3-2-4-17(21)6-13-25(23)36-27(34)22-12-9-19(29)14-24(22)30/h2-16H,1H3,(H,32,33)/b31-15+. The number of ether oxygens (including phenoxy) is 2. The van der Waals surface area contributed by atoms with Crippen molar-refractivity contribution in [2.75, 3.05) is 0 Å². The summed E-state index contributed by atoms with van der Waals surface area (Å²) in [7, 11) is 0. The maximum Gasteiger partial charge on any atom is 0.345 e. The molecule has 0 radical (unpaired) electrons. The highest BCUT2D eigenvalue weighted by Crippen LogP contribution is 2.29. The first kappa shape index (κ1) is 25.7. The minimum absolute atomic E-state index is 0.171. The van der Waals surface area contributed by atoms with Gasteiger partial charge in [0.25, 0.3) is 5.91 Å². The van der Waals surface area contributed by atoms with Crippen LogP contribution in [0.4, 0.5) is 0 Å². The Hall–Kier alpha value is -3.39. The van der Waals surface area contributed by atoms with Gasteiger partial charge in [0, 0.05) is 15.1 Å². The van der Waals surface area contributed by atoms with Crippen molar-refractivity contribution in [2.45, 2.75) is 13.0 Å². The van der Waals surface area contributed by atoms with Gasteiger partial charge in [-0.2, -0.15) is 5.10 Å². The normalized spacial score (nSPS) is 11.9. The lowest BCUT2D eigenvalue weighted by molar-refractivity contribution is -0.127. The van der Waals surface area contributed by atoms with Crippen LogP contribution in [0.1, 0.15) is 22.8 Å². The van der Waals surface area contributed by atoms with Crippen LogP contribution in [0, 0.1) is 0 Å². The molecule has 0 heterocycles. The van der Waals surface area contributed by atoms with Crippen molar-refractivity contribution in [1.82, 2.24) is 5.43 Å². The molecule has 9 heteroatoms. The molecule has 0 aromatic heterocycles. The van der Waals surface area contributed by atoms with Gasteiger partial charge in [-0.25, -0.2) is 10.2 Å². The number of hydrogen-bond acceptors (Lipinski definition) is 5. The molecule has 1 unspecified atom stereocenters. The van der Waals surface area contributed by atoms with Gasteiger partial charge in [0.15, 0.2) is 6.10 Å². The van der Waals surface area contributed by atoms with Crippen LogP contribution in [0.15, 0.2) is 88.4 Å². The van der Waals surface area contributed by atoms with Gasteiger partial charge < -0.3 is 9.47 Å². The predicted octanol–water partition coefficient (Wildman–Crippen LogP) is 7.05. The molecule has 36 heavy (non-hydrogen) atoms. The first-order valence-electron chi connectivity index (χ1n) is 10.8. The number of carbonyl (C=O) groups is 2. The van der Waals surface area contributed by atoms with E-state index in [1.165, 1.54) is 18.3 Å². The molecule has 6 nitrogen and oxygen atoms in total. The quantitative estimate of drug-likeness (QED) is 0.109. The zero-order valence-corrected chi connectivity index (χ0v) is 22.0. The van der Waals surface area contributed by atoms with Gasteiger partial charge in [-0.3, -0.25) is 4.79 Å². The summed E-state index contributed by atoms with van der Waals surface area (Å²) in [4.78, 5) is 25.3. The number of nitrogens with zero attached hydrogens (tertiary/aromatic N) is 1. The molecule has 0 spiro atoms. The number of fused-ring (bicyclic) bond motifs is 1. The van der Waals surface area contributed by atoms with Crippen molar-refractivity contribution < 1.29 is 19.1 Å². The van der Waals surface area contributed by atoms with Crippen LogP contribution >= 0.6 is 39.1 Å². The molecular weight excluding hydrogens is 567 g/mol. The fourth-order valence-electron chi connectivity index (χ4n) is 3.33. The van der Waals surface area contributed by atoms with Gasteiger partial charge in [-0.05, 0) is 66.2 Å². The summed E-state index contributed by atoms with van der Waals surface area (Å²) in [6.07, 6.45) is 0.638. The summed E-state index contributed by atoms with van der Waals surface area (Å²) in [5, 5.41) is 6.36. The lowest BCUT2D eigenvalue weighted by atomic mass is 10.0. The first-order valence-corrected chi connectivity index (χ1v) is 12.3. The molecule has 4 rings (SSSR count). The summed E-state index contributed by atoms with van der Waals surface area (Å²) in [5.41, 5.74) is 3.15. The second kappa shape index (κ2) is 11.6. The summed E-state index contributed by atoms with van der Waals surface area (Å²) in [6.45, 7) is 1.62. The molecule has 4 aromatic carbocycles. The van der Waals surface area contributed by atoms with E-state index < -0.39 is 18.0 Å². The predicted molar refractivity (Wildman–Crippen MR) is 145 cm³/mol. The fourth-order valence-corrected chi connectivity index (χ4v) is 4.08. The van der Waals surface area contributed by atoms with Gasteiger partial charge in [0.05, 0.1) is 16.8 Å². The molecule has 0 saturated heterocycles. The summed E-state index contributed by atoms with van der Waals surface area (Å²) in [5.74, 6) is -0.293. The molecule has 182 valence electrons. The maximum absolute atomic E-state index is 12.8. The Morgan fingerprint density at radius 1 is 1.00 bits per heavy atom. The smallest absolute Gasteiger partial charge is 0.345 e. The highest BCUT2D eigenvalue weighted by atomic mass is 79.9. The zero-order valence-electron chi connectivity index (χ0n) is 18.9. The van der Waals surface area contributed by atoms with Crippen LogP contribution in [0.2, 0.25) is 10.0 Å². The van der Waals surface area contributed by atoms with Crippen LogP contribution in [0.5, 0.6) is 11.5 Å². The highest BCUT2D eigenvalue weighted by molar-refractivity contribution is 9.10. The number of esters is 1. The second-order valence-corrected chi connectivity index (χ2v) is 9.42. The molecule has 0 saturated carbocycles. The van der Waals surface area contributed by atoms with Crippen LogP contribution in [-0.2, 0) is 4.79 Å². The molecule has 0 aliphatic carbocycles. The van der Waals surface area contributed by atoms with Crippen molar-refractivity contribution in [3.8, 4) is 11.5 Å². The Labute approximate surface area is 225 Å². The first-order chi connectivity index (χ1) is 17.3. The van der Waals surface area contributed by atoms with Gasteiger partial charge in [0.2, 0.25) is 0 Å². The van der Waals surface area contributed by atoms with Crippen LogP contribution in [0.25, 0.3) is 10.8 Å². The number of rotatable bonds is 7. The van der Waals surface area contributed by atoms with E-state index in [0.717, 1.165) is 15.2 Å². The minimum Gasteiger partial charge on any atom is -0.481 e. The summed E-state index contributed by atoms with van der Waals surface area (Å²) in [6, 6.07) is 22.7. The van der Waals surface area contributed by atoms with Gasteiger partial charge in [-0.15, -0.1) is 0 Å². The third-order valence-electron chi connectivity index (χ3n) is 5.15. The van der Waals surface area contributed by atoms with Crippen LogP contribution in [0.3, 0.4) is 0 Å². The second-order valence-electron chi connectivity index (χ2n) is 7.66. The molecular formula is C27H19BrCl2N2O4. The van der Waals surface area contributed by atoms with Gasteiger partial charge in [-0.1, -0.05) is 69.5 Å². The van der Waals surface area contributed by atoms with E-state index in [2.05, 4.69) is 26.5 Å². The van der Waals surface area contributed by atoms with Gasteiger partial charge in [0.1, 0.15) is 11.5 Å². The number of carbonyl (C=O) groups excluding carboxylic acids is 2. The SMILES string of the molecule is CC(Oc1ccc(Br)cc1)C(=O)N/N=C/c1c(OC(=O)c2ccc(Cl)cc2Cl)ccc2ccccc12. The average molecular weight is 586 g/mol. The van der Waals surface area contributed by atoms with Crippen LogP contribution in [-0.4, -0.2) is 24.2 Å². The largest absolute Gasteiger partial charge is 0.481 e. The summed E-state index contributed by atoms with van der Waals surface area (Å²) < 4.78 is 12.2. The third-order valence-corrected chi connectivity index (χ3v) is 6.22. The lowest BCUT2D eigenvalue weighted by Crippen LogP contribution is -2.33. The molecule has 0 bridgehead atoms. The van der Waals surface area contributed by atoms with E-state index in [1.807, 2.05) is 42.5 Å². The average Bonchev–Trinajstić information content (AvgIpc) is 2.86. The third kappa shape index (κ3) is 6.23. The Balaban J connectivity index is 1.54. The number of hydrogen-bond donors (Lipinski definition) is 1. The zero-order chi connectivity index (χ0) is 25.7. The molecule has 1 N–H and O–H groups in total. The molecule has 0 aliphatic rings. The van der Waals surface area contributed by atoms with E-state index in [4.69, 9.17) is 32.7 Å². The number of amides is 1. The molecule has 4 aromatic rings. The summed E-state index contributed by atoms with van der Waals surface area (Å²) >= 11 is 15.5. The van der Waals surface area contributed by atoms with Crippen molar-refractivity contribution in [1.29, 1.82) is 0 Å². The topological polar surface area (TPSA) is 77.0 Å². The number of benzene rings is 4. The van der Waals surface area contributed by atoms with E-state index in [-0.39, 0.29) is 16.3 Å². The van der Waals surface area contributed by atoms with Crippen molar-refractivity contribution in [2.24, 2.45) is 5.10 Å². The number of halogens is 3. The highest BCUT2D eigenvalue weighted by Gasteiger charge is 2.17. The van der Waals surface area contributed by atoms with E-state index in [1.54, 1.807) is 31.2 Å². The number of nitrogens with one attached hydrogen (secondary N) is 1. The van der Waals surface area contributed by atoms with E-state index in [0.29, 0.717) is 16.3 Å². The van der Waals surface area contributed by atoms with Gasteiger partial charge >= 0.3 is 5.97 Å². The lowest BCUT2D eigenvalue weighted by Gasteiger charge is -2.13. The van der Waals surface area contributed by atoms with Crippen molar-refractivity contribution in [3.05, 3.63) is 105 Å². The van der Waals surface area contributed by atoms with Crippen LogP contribution < -0.4 is 14.9 Å². The Morgan fingerprint density at radius 2 is 1.75 bits per heavy atom. The Kier molecular flexibility index (Phi) is 8.25. The van der Waals surface area contributed by atoms with E-state index in [9.17, 15) is 9.59 Å². The minimum atomic E-state index is -0.791. The molecule has 1 amide bonds. The fraction of sp³-hybridized carbons (Fsp3) is 0.0741.